The number of amides is 1. The summed E-state index contributed by atoms with van der Waals surface area (Å²) in [5.74, 6) is 0.0911. The molecule has 34 heavy (non-hydrogen) atoms. The number of carbonyl (C=O) groups excluding carboxylic acids is 1. The summed E-state index contributed by atoms with van der Waals surface area (Å²) in [7, 11) is 0. The number of unbranched alkanes of at least 4 members (excludes halogenated alkanes) is 14. The van der Waals surface area contributed by atoms with Crippen molar-refractivity contribution in [1.82, 2.24) is 0 Å². The predicted molar refractivity (Wildman–Crippen MR) is 145 cm³/mol. The maximum absolute atomic E-state index is 12.2. The van der Waals surface area contributed by atoms with Crippen molar-refractivity contribution in [2.45, 2.75) is 110 Å². The molecule has 0 radical (unpaired) electrons. The van der Waals surface area contributed by atoms with E-state index in [-0.39, 0.29) is 5.91 Å². The van der Waals surface area contributed by atoms with E-state index >= 15 is 0 Å². The number of hydrogen-bond donors (Lipinski definition) is 1. The summed E-state index contributed by atoms with van der Waals surface area (Å²) in [5.41, 5.74) is 2.40. The third-order valence-corrected chi connectivity index (χ3v) is 6.20. The maximum Gasteiger partial charge on any atom is 0.224 e. The standard InChI is InChI=1S/C30H45N3O/c1-2-3-4-5-6-7-8-9-10-11-12-13-14-15-19-22-30(34)31-27-23-25-29(26-24-27)33-32-28-20-17-16-18-21-28/h16-18,20-21,23-26H,2-15,19,22H2,1H3,(H,31,34). The lowest BCUT2D eigenvalue weighted by atomic mass is 10.0. The molecule has 1 N–H and O–H groups in total. The summed E-state index contributed by atoms with van der Waals surface area (Å²) in [6, 6.07) is 17.2. The maximum atomic E-state index is 12.2. The molecule has 1 amide bonds. The van der Waals surface area contributed by atoms with Gasteiger partial charge in [0.25, 0.3) is 0 Å². The molecular formula is C30H45N3O. The largest absolute Gasteiger partial charge is 0.326 e. The lowest BCUT2D eigenvalue weighted by molar-refractivity contribution is -0.116. The Morgan fingerprint density at radius 2 is 1.03 bits per heavy atom. The minimum Gasteiger partial charge on any atom is -0.326 e. The van der Waals surface area contributed by atoms with E-state index in [2.05, 4.69) is 22.5 Å². The van der Waals surface area contributed by atoms with Crippen LogP contribution in [0.3, 0.4) is 0 Å². The Hall–Kier alpha value is -2.49. The molecule has 0 fully saturated rings. The topological polar surface area (TPSA) is 53.8 Å². The molecular weight excluding hydrogens is 418 g/mol. The molecule has 2 rings (SSSR count). The van der Waals surface area contributed by atoms with E-state index in [0.29, 0.717) is 6.42 Å². The van der Waals surface area contributed by atoms with Crippen LogP contribution in [0.4, 0.5) is 17.1 Å². The van der Waals surface area contributed by atoms with E-state index in [1.807, 2.05) is 54.6 Å². The highest BCUT2D eigenvalue weighted by Gasteiger charge is 2.03. The molecule has 0 aliphatic carbocycles. The van der Waals surface area contributed by atoms with Crippen molar-refractivity contribution in [3.63, 3.8) is 0 Å². The Morgan fingerprint density at radius 1 is 0.588 bits per heavy atom. The molecule has 4 heteroatoms. The van der Waals surface area contributed by atoms with Gasteiger partial charge in [-0.15, -0.1) is 0 Å². The second-order valence-electron chi connectivity index (χ2n) is 9.33. The first-order valence-electron chi connectivity index (χ1n) is 13.6. The molecule has 2 aromatic rings. The first-order valence-corrected chi connectivity index (χ1v) is 13.6. The number of nitrogens with one attached hydrogen (secondary N) is 1. The number of rotatable bonds is 19. The molecule has 186 valence electrons. The molecule has 0 atom stereocenters. The van der Waals surface area contributed by atoms with E-state index in [9.17, 15) is 4.79 Å². The van der Waals surface area contributed by atoms with Gasteiger partial charge in [0.05, 0.1) is 11.4 Å². The van der Waals surface area contributed by atoms with Crippen LogP contribution in [0.1, 0.15) is 110 Å². The Bertz CT molecular complexity index is 786. The van der Waals surface area contributed by atoms with E-state index in [1.54, 1.807) is 0 Å². The van der Waals surface area contributed by atoms with Crippen LogP contribution >= 0.6 is 0 Å². The minimum absolute atomic E-state index is 0.0911. The van der Waals surface area contributed by atoms with Crippen molar-refractivity contribution < 1.29 is 4.79 Å². The Kier molecular flexibility index (Phi) is 15.4. The zero-order chi connectivity index (χ0) is 24.1. The van der Waals surface area contributed by atoms with Crippen LogP contribution in [0.5, 0.6) is 0 Å². The van der Waals surface area contributed by atoms with Crippen LogP contribution in [0.15, 0.2) is 64.8 Å². The van der Waals surface area contributed by atoms with Crippen molar-refractivity contribution in [3.8, 4) is 0 Å². The Balaban J connectivity index is 1.43. The van der Waals surface area contributed by atoms with Gasteiger partial charge < -0.3 is 5.32 Å². The van der Waals surface area contributed by atoms with E-state index in [0.717, 1.165) is 29.9 Å². The van der Waals surface area contributed by atoms with Crippen LogP contribution in [-0.2, 0) is 4.79 Å². The second kappa shape index (κ2) is 18.9. The lowest BCUT2D eigenvalue weighted by Crippen LogP contribution is -2.10. The summed E-state index contributed by atoms with van der Waals surface area (Å²) >= 11 is 0. The van der Waals surface area contributed by atoms with Crippen molar-refractivity contribution in [2.75, 3.05) is 5.32 Å². The van der Waals surface area contributed by atoms with Gasteiger partial charge in [-0.25, -0.2) is 0 Å². The highest BCUT2D eigenvalue weighted by atomic mass is 16.1. The van der Waals surface area contributed by atoms with Crippen molar-refractivity contribution in [3.05, 3.63) is 54.6 Å². The quantitative estimate of drug-likeness (QED) is 0.163. The fourth-order valence-electron chi connectivity index (χ4n) is 4.10. The van der Waals surface area contributed by atoms with Crippen LogP contribution < -0.4 is 5.32 Å². The zero-order valence-electron chi connectivity index (χ0n) is 21.3. The average Bonchev–Trinajstić information content (AvgIpc) is 2.86. The molecule has 0 unspecified atom stereocenters. The minimum atomic E-state index is 0.0911. The molecule has 0 saturated heterocycles. The third kappa shape index (κ3) is 13.9. The molecule has 0 aliphatic heterocycles. The van der Waals surface area contributed by atoms with Crippen LogP contribution in [0.2, 0.25) is 0 Å². The van der Waals surface area contributed by atoms with Gasteiger partial charge in [0.15, 0.2) is 0 Å². The van der Waals surface area contributed by atoms with Crippen LogP contribution in [0, 0.1) is 0 Å². The first kappa shape index (κ1) is 27.8. The van der Waals surface area contributed by atoms with Gasteiger partial charge >= 0.3 is 0 Å². The summed E-state index contributed by atoms with van der Waals surface area (Å²) in [5, 5.41) is 11.4. The summed E-state index contributed by atoms with van der Waals surface area (Å²) in [6.07, 6.45) is 20.6. The molecule has 4 nitrogen and oxygen atoms in total. The van der Waals surface area contributed by atoms with Gasteiger partial charge in [0, 0.05) is 12.1 Å². The van der Waals surface area contributed by atoms with Crippen LogP contribution in [-0.4, -0.2) is 5.91 Å². The number of benzene rings is 2. The summed E-state index contributed by atoms with van der Waals surface area (Å²) in [4.78, 5) is 12.2. The van der Waals surface area contributed by atoms with Gasteiger partial charge in [0.1, 0.15) is 0 Å². The van der Waals surface area contributed by atoms with Gasteiger partial charge in [0.2, 0.25) is 5.91 Å². The number of anilines is 1. The SMILES string of the molecule is CCCCCCCCCCCCCCCCCC(=O)Nc1ccc(N=Nc2ccccc2)cc1. The lowest BCUT2D eigenvalue weighted by Gasteiger charge is -2.06. The van der Waals surface area contributed by atoms with Crippen LogP contribution in [0.25, 0.3) is 0 Å². The number of hydrogen-bond acceptors (Lipinski definition) is 3. The monoisotopic (exact) mass is 463 g/mol. The molecule has 0 aromatic heterocycles. The number of carbonyl (C=O) groups is 1. The van der Waals surface area contributed by atoms with E-state index in [4.69, 9.17) is 0 Å². The second-order valence-corrected chi connectivity index (χ2v) is 9.33. The third-order valence-electron chi connectivity index (χ3n) is 6.20. The van der Waals surface area contributed by atoms with Crippen molar-refractivity contribution in [1.29, 1.82) is 0 Å². The predicted octanol–water partition coefficient (Wildman–Crippen LogP) is 10.3. The molecule has 0 aliphatic rings. The van der Waals surface area contributed by atoms with Gasteiger partial charge in [-0.05, 0) is 42.8 Å². The van der Waals surface area contributed by atoms with Gasteiger partial charge in [-0.1, -0.05) is 115 Å². The first-order chi connectivity index (χ1) is 16.8. The molecule has 0 heterocycles. The fraction of sp³-hybridized carbons (Fsp3) is 0.567. The number of azo groups is 1. The highest BCUT2D eigenvalue weighted by molar-refractivity contribution is 5.90. The smallest absolute Gasteiger partial charge is 0.224 e. The van der Waals surface area contributed by atoms with Gasteiger partial charge in [-0.2, -0.15) is 10.2 Å². The number of nitrogens with zero attached hydrogens (tertiary/aromatic N) is 2. The van der Waals surface area contributed by atoms with E-state index in [1.165, 1.54) is 83.5 Å². The molecule has 2 aromatic carbocycles. The van der Waals surface area contributed by atoms with E-state index < -0.39 is 0 Å². The Morgan fingerprint density at radius 3 is 1.53 bits per heavy atom. The normalized spacial score (nSPS) is 11.2. The highest BCUT2D eigenvalue weighted by Crippen LogP contribution is 2.20. The molecule has 0 bridgehead atoms. The summed E-state index contributed by atoms with van der Waals surface area (Å²) in [6.45, 7) is 2.28. The van der Waals surface area contributed by atoms with Crippen molar-refractivity contribution in [2.24, 2.45) is 10.2 Å². The molecule has 0 spiro atoms. The summed E-state index contributed by atoms with van der Waals surface area (Å²) < 4.78 is 0. The Labute approximate surface area is 207 Å². The average molecular weight is 464 g/mol. The van der Waals surface area contributed by atoms with Gasteiger partial charge in [-0.3, -0.25) is 4.79 Å². The fourth-order valence-corrected chi connectivity index (χ4v) is 4.10. The van der Waals surface area contributed by atoms with Crippen molar-refractivity contribution >= 4 is 23.0 Å². The molecule has 0 saturated carbocycles. The zero-order valence-corrected chi connectivity index (χ0v) is 21.3.